The second-order valence-electron chi connectivity index (χ2n) is 6.84. The van der Waals surface area contributed by atoms with Crippen LogP contribution in [0.5, 0.6) is 5.75 Å². The molecular formula is C22H23NO2. The van der Waals surface area contributed by atoms with Crippen LogP contribution in [0.1, 0.15) is 53.7 Å². The van der Waals surface area contributed by atoms with Gasteiger partial charge in [-0.15, -0.1) is 0 Å². The number of hydrogen-bond acceptors (Lipinski definition) is 3. The Bertz CT molecular complexity index is 822. The molecule has 3 atom stereocenters. The molecule has 1 aliphatic carbocycles. The van der Waals surface area contributed by atoms with Crippen LogP contribution in [0.15, 0.2) is 54.6 Å². The monoisotopic (exact) mass is 333 g/mol. The first-order valence-electron chi connectivity index (χ1n) is 8.98. The number of carbonyl (C=O) groups excluding carboxylic acids is 1. The molecule has 128 valence electrons. The number of nitrogens with one attached hydrogen (secondary N) is 1. The lowest BCUT2D eigenvalue weighted by Gasteiger charge is -2.37. The predicted molar refractivity (Wildman–Crippen MR) is 100 cm³/mol. The summed E-state index contributed by atoms with van der Waals surface area (Å²) in [6.45, 7) is 4.31. The van der Waals surface area contributed by atoms with Crippen molar-refractivity contribution in [3.63, 3.8) is 0 Å². The molecular weight excluding hydrogens is 310 g/mol. The van der Waals surface area contributed by atoms with Gasteiger partial charge in [-0.2, -0.15) is 0 Å². The van der Waals surface area contributed by atoms with E-state index >= 15 is 0 Å². The summed E-state index contributed by atoms with van der Waals surface area (Å²) in [7, 11) is 0. The quantitative estimate of drug-likeness (QED) is 0.624. The van der Waals surface area contributed by atoms with E-state index in [0.717, 1.165) is 23.4 Å². The predicted octanol–water partition coefficient (Wildman–Crippen LogP) is 5.11. The zero-order valence-electron chi connectivity index (χ0n) is 14.7. The van der Waals surface area contributed by atoms with Gasteiger partial charge in [0.15, 0.2) is 5.78 Å². The van der Waals surface area contributed by atoms with Gasteiger partial charge in [-0.25, -0.2) is 0 Å². The minimum Gasteiger partial charge on any atom is -0.494 e. The number of fused-ring (bicyclic) bond motifs is 3. The third-order valence-electron chi connectivity index (χ3n) is 5.32. The van der Waals surface area contributed by atoms with Gasteiger partial charge in [0.1, 0.15) is 5.75 Å². The van der Waals surface area contributed by atoms with Crippen LogP contribution in [0.3, 0.4) is 0 Å². The molecule has 0 spiro atoms. The van der Waals surface area contributed by atoms with Crippen molar-refractivity contribution < 1.29 is 9.53 Å². The number of ether oxygens (including phenoxy) is 1. The molecule has 1 heterocycles. The Morgan fingerprint density at radius 2 is 2.00 bits per heavy atom. The largest absolute Gasteiger partial charge is 0.494 e. The van der Waals surface area contributed by atoms with Crippen molar-refractivity contribution >= 4 is 11.5 Å². The third-order valence-corrected chi connectivity index (χ3v) is 5.32. The van der Waals surface area contributed by atoms with Gasteiger partial charge >= 0.3 is 0 Å². The fraction of sp³-hybridized carbons (Fsp3) is 0.318. The Hall–Kier alpha value is -2.55. The Labute approximate surface area is 148 Å². The second kappa shape index (κ2) is 6.40. The highest BCUT2D eigenvalue weighted by atomic mass is 16.5. The lowest BCUT2D eigenvalue weighted by Crippen LogP contribution is -2.29. The van der Waals surface area contributed by atoms with Gasteiger partial charge in [-0.3, -0.25) is 4.79 Å². The number of anilines is 1. The summed E-state index contributed by atoms with van der Waals surface area (Å²) in [5.41, 5.74) is 4.45. The van der Waals surface area contributed by atoms with Crippen molar-refractivity contribution in [1.82, 2.24) is 0 Å². The SMILES string of the molecule is CCOc1ccc(C2Nc3ccc(C(C)=O)cc3C3C=CCC32)cc1. The molecule has 3 unspecified atom stereocenters. The minimum absolute atomic E-state index is 0.120. The van der Waals surface area contributed by atoms with E-state index in [2.05, 4.69) is 41.7 Å². The molecule has 0 bridgehead atoms. The van der Waals surface area contributed by atoms with Crippen LogP contribution in [0.25, 0.3) is 0 Å². The fourth-order valence-corrected chi connectivity index (χ4v) is 4.08. The van der Waals surface area contributed by atoms with Gasteiger partial charge in [-0.1, -0.05) is 24.3 Å². The number of hydrogen-bond donors (Lipinski definition) is 1. The molecule has 1 N–H and O–H groups in total. The lowest BCUT2D eigenvalue weighted by atomic mass is 9.76. The van der Waals surface area contributed by atoms with E-state index in [1.807, 2.05) is 25.1 Å². The van der Waals surface area contributed by atoms with Crippen LogP contribution in [0.4, 0.5) is 5.69 Å². The molecule has 25 heavy (non-hydrogen) atoms. The number of rotatable bonds is 4. The normalized spacial score (nSPS) is 23.5. The van der Waals surface area contributed by atoms with E-state index in [1.54, 1.807) is 6.92 Å². The van der Waals surface area contributed by atoms with Crippen LogP contribution in [-0.2, 0) is 0 Å². The summed E-state index contributed by atoms with van der Waals surface area (Å²) < 4.78 is 5.56. The number of carbonyl (C=O) groups is 1. The van der Waals surface area contributed by atoms with Crippen molar-refractivity contribution in [2.75, 3.05) is 11.9 Å². The van der Waals surface area contributed by atoms with Gasteiger partial charge in [0.2, 0.25) is 0 Å². The molecule has 0 saturated heterocycles. The molecule has 4 rings (SSSR count). The van der Waals surface area contributed by atoms with Gasteiger partial charge < -0.3 is 10.1 Å². The average Bonchev–Trinajstić information content (AvgIpc) is 3.11. The maximum atomic E-state index is 11.7. The van der Waals surface area contributed by atoms with Crippen molar-refractivity contribution in [3.8, 4) is 5.75 Å². The topological polar surface area (TPSA) is 38.3 Å². The Morgan fingerprint density at radius 3 is 2.72 bits per heavy atom. The van der Waals surface area contributed by atoms with E-state index in [-0.39, 0.29) is 11.8 Å². The highest BCUT2D eigenvalue weighted by Crippen LogP contribution is 2.50. The van der Waals surface area contributed by atoms with Crippen molar-refractivity contribution in [1.29, 1.82) is 0 Å². The molecule has 1 aliphatic heterocycles. The zero-order chi connectivity index (χ0) is 17.4. The maximum Gasteiger partial charge on any atom is 0.159 e. The molecule has 0 radical (unpaired) electrons. The lowest BCUT2D eigenvalue weighted by molar-refractivity contribution is 0.101. The van der Waals surface area contributed by atoms with Crippen molar-refractivity contribution in [2.45, 2.75) is 32.2 Å². The zero-order valence-corrected chi connectivity index (χ0v) is 14.7. The third kappa shape index (κ3) is 2.84. The van der Waals surface area contributed by atoms with Crippen LogP contribution in [0.2, 0.25) is 0 Å². The second-order valence-corrected chi connectivity index (χ2v) is 6.84. The van der Waals surface area contributed by atoms with E-state index in [0.29, 0.717) is 18.4 Å². The first-order valence-corrected chi connectivity index (χ1v) is 8.98. The molecule has 3 nitrogen and oxygen atoms in total. The molecule has 2 aromatic carbocycles. The van der Waals surface area contributed by atoms with Crippen LogP contribution in [-0.4, -0.2) is 12.4 Å². The smallest absolute Gasteiger partial charge is 0.159 e. The van der Waals surface area contributed by atoms with Gasteiger partial charge in [-0.05, 0) is 67.6 Å². The van der Waals surface area contributed by atoms with Crippen molar-refractivity contribution in [2.24, 2.45) is 5.92 Å². The van der Waals surface area contributed by atoms with E-state index in [9.17, 15) is 4.79 Å². The molecule has 2 aliphatic rings. The molecule has 2 aromatic rings. The molecule has 0 fully saturated rings. The number of Topliss-reactive ketones (excluding diaryl/α,β-unsaturated/α-hetero) is 1. The standard InChI is InChI=1S/C22H23NO2/c1-3-25-17-10-7-15(8-11-17)22-19-6-4-5-18(19)20-13-16(14(2)24)9-12-21(20)23-22/h4-5,7-13,18-19,22-23H,3,6H2,1-2H3. The Balaban J connectivity index is 1.69. The summed E-state index contributed by atoms with van der Waals surface area (Å²) >= 11 is 0. The average molecular weight is 333 g/mol. The maximum absolute atomic E-state index is 11.7. The summed E-state index contributed by atoms with van der Waals surface area (Å²) in [4.78, 5) is 11.7. The Kier molecular flexibility index (Phi) is 4.08. The number of allylic oxidation sites excluding steroid dienone is 2. The fourth-order valence-electron chi connectivity index (χ4n) is 4.08. The highest BCUT2D eigenvalue weighted by Gasteiger charge is 2.38. The first kappa shape index (κ1) is 15.9. The van der Waals surface area contributed by atoms with Crippen molar-refractivity contribution in [3.05, 3.63) is 71.3 Å². The number of benzene rings is 2. The van der Waals surface area contributed by atoms with E-state index in [4.69, 9.17) is 4.74 Å². The molecule has 3 heteroatoms. The van der Waals surface area contributed by atoms with E-state index in [1.165, 1.54) is 11.1 Å². The highest BCUT2D eigenvalue weighted by molar-refractivity contribution is 5.95. The summed E-state index contributed by atoms with van der Waals surface area (Å²) in [6, 6.07) is 14.7. The number of ketones is 1. The molecule has 0 amide bonds. The van der Waals surface area contributed by atoms with E-state index < -0.39 is 0 Å². The minimum atomic E-state index is 0.120. The molecule has 0 saturated carbocycles. The summed E-state index contributed by atoms with van der Waals surface area (Å²) in [6.07, 6.45) is 5.63. The molecule has 0 aromatic heterocycles. The summed E-state index contributed by atoms with van der Waals surface area (Å²) in [5.74, 6) is 1.88. The van der Waals surface area contributed by atoms with Gasteiger partial charge in [0, 0.05) is 17.2 Å². The van der Waals surface area contributed by atoms with Gasteiger partial charge in [0.05, 0.1) is 12.6 Å². The van der Waals surface area contributed by atoms with Crippen LogP contribution >= 0.6 is 0 Å². The first-order chi connectivity index (χ1) is 12.2. The van der Waals surface area contributed by atoms with Gasteiger partial charge in [0.25, 0.3) is 0 Å². The van der Waals surface area contributed by atoms with Crippen LogP contribution in [0, 0.1) is 5.92 Å². The Morgan fingerprint density at radius 1 is 1.20 bits per heavy atom. The summed E-state index contributed by atoms with van der Waals surface area (Å²) in [5, 5.41) is 3.71. The van der Waals surface area contributed by atoms with Crippen LogP contribution < -0.4 is 10.1 Å².